The normalized spacial score (nSPS) is 12.9. The zero-order valence-electron chi connectivity index (χ0n) is 44.8. The zero-order valence-corrected chi connectivity index (χ0v) is 44.8. The van der Waals surface area contributed by atoms with E-state index in [1.165, 1.54) is 77.0 Å². The monoisotopic (exact) mass is 957 g/mol. The summed E-state index contributed by atoms with van der Waals surface area (Å²) in [7, 11) is 0. The van der Waals surface area contributed by atoms with Gasteiger partial charge < -0.3 is 14.2 Å². The average molecular weight is 958 g/mol. The highest BCUT2D eigenvalue weighted by Crippen LogP contribution is 2.14. The first kappa shape index (κ1) is 65.1. The Balaban J connectivity index is 4.28. The molecule has 6 nitrogen and oxygen atoms in total. The lowest BCUT2D eigenvalue weighted by Gasteiger charge is -2.18. The van der Waals surface area contributed by atoms with Gasteiger partial charge in [0.25, 0.3) is 0 Å². The molecule has 6 heteroatoms. The second-order valence-corrected chi connectivity index (χ2v) is 18.5. The molecular weight excluding hydrogens is 853 g/mol. The molecule has 1 atom stereocenters. The molecule has 0 amide bonds. The third-order valence-electron chi connectivity index (χ3n) is 11.8. The van der Waals surface area contributed by atoms with Gasteiger partial charge in [-0.25, -0.2) is 0 Å². The highest BCUT2D eigenvalue weighted by atomic mass is 16.6. The molecule has 0 aromatic carbocycles. The molecule has 0 aliphatic rings. The summed E-state index contributed by atoms with van der Waals surface area (Å²) < 4.78 is 16.8. The predicted molar refractivity (Wildman–Crippen MR) is 297 cm³/mol. The maximum absolute atomic E-state index is 12.8. The van der Waals surface area contributed by atoms with E-state index in [4.69, 9.17) is 14.2 Å². The van der Waals surface area contributed by atoms with Crippen LogP contribution in [0.3, 0.4) is 0 Å². The highest BCUT2D eigenvalue weighted by molar-refractivity contribution is 5.71. The van der Waals surface area contributed by atoms with E-state index < -0.39 is 6.10 Å². The van der Waals surface area contributed by atoms with Crippen molar-refractivity contribution < 1.29 is 28.6 Å². The summed E-state index contributed by atoms with van der Waals surface area (Å²) in [6.45, 7) is 6.43. The number of allylic oxidation sites excluding steroid dienone is 18. The van der Waals surface area contributed by atoms with E-state index in [0.29, 0.717) is 19.3 Å². The zero-order chi connectivity index (χ0) is 50.0. The third kappa shape index (κ3) is 54.9. The van der Waals surface area contributed by atoms with Crippen molar-refractivity contribution in [3.05, 3.63) is 109 Å². The van der Waals surface area contributed by atoms with E-state index in [0.717, 1.165) is 135 Å². The molecular formula is C63H104O6. The molecule has 0 heterocycles. The van der Waals surface area contributed by atoms with Gasteiger partial charge in [-0.05, 0) is 109 Å². The van der Waals surface area contributed by atoms with Crippen molar-refractivity contribution >= 4 is 17.9 Å². The Morgan fingerprint density at radius 1 is 0.304 bits per heavy atom. The summed E-state index contributed by atoms with van der Waals surface area (Å²) in [4.78, 5) is 37.9. The molecule has 0 saturated carbocycles. The first-order chi connectivity index (χ1) is 34.0. The number of carbonyl (C=O) groups is 3. The fraction of sp³-hybridized carbons (Fsp3) is 0.667. The Labute approximate surface area is 425 Å². The largest absolute Gasteiger partial charge is 0.462 e. The SMILES string of the molecule is CC/C=C\C/C=C\C/C=C\C/C=C\C/C=C\C/C=C\CCCCCCCCC(=O)OCC(COC(=O)CCCCCCCCC)OC(=O)CCCCCCCC/C=C\C/C=C\C/C=C\CCCCC. The standard InChI is InChI=1S/C63H104O6/c1-4-7-10-13-16-18-20-22-24-26-28-29-30-31-32-33-35-36-38-40-42-44-47-50-53-56-62(65)68-59-60(58-67-61(64)55-52-49-46-15-12-9-6-3)69-63(66)57-54-51-48-45-43-41-39-37-34-27-25-23-21-19-17-14-11-8-5-2/h7,10,16-19,22-25,28-29,31-32,34-37,60H,4-6,8-9,11-15,20-21,26-27,30,33,38-59H2,1-3H3/b10-7-,18-16-,19-17-,24-22-,25-23-,29-28-,32-31-,36-35-,37-34-. The second-order valence-electron chi connectivity index (χ2n) is 18.5. The number of ether oxygens (including phenoxy) is 3. The first-order valence-corrected chi connectivity index (χ1v) is 28.4. The van der Waals surface area contributed by atoms with Crippen LogP contribution in [0.2, 0.25) is 0 Å². The van der Waals surface area contributed by atoms with Crippen LogP contribution in [0.4, 0.5) is 0 Å². The van der Waals surface area contributed by atoms with Crippen molar-refractivity contribution in [3.8, 4) is 0 Å². The summed E-state index contributed by atoms with van der Waals surface area (Å²) in [6, 6.07) is 0. The maximum atomic E-state index is 12.8. The minimum Gasteiger partial charge on any atom is -0.462 e. The van der Waals surface area contributed by atoms with Crippen LogP contribution < -0.4 is 0 Å². The van der Waals surface area contributed by atoms with Crippen molar-refractivity contribution in [1.82, 2.24) is 0 Å². The highest BCUT2D eigenvalue weighted by Gasteiger charge is 2.19. The van der Waals surface area contributed by atoms with Gasteiger partial charge in [0.1, 0.15) is 13.2 Å². The molecule has 0 bridgehead atoms. The quantitative estimate of drug-likeness (QED) is 0.0262. The van der Waals surface area contributed by atoms with Crippen LogP contribution in [0, 0.1) is 0 Å². The van der Waals surface area contributed by atoms with Crippen LogP contribution in [0.5, 0.6) is 0 Å². The Bertz CT molecular complexity index is 1420. The van der Waals surface area contributed by atoms with Crippen molar-refractivity contribution in [2.45, 2.75) is 258 Å². The Morgan fingerprint density at radius 3 is 0.913 bits per heavy atom. The van der Waals surface area contributed by atoms with Gasteiger partial charge in [0.15, 0.2) is 6.10 Å². The van der Waals surface area contributed by atoms with Gasteiger partial charge in [-0.3, -0.25) is 14.4 Å². The molecule has 0 aromatic heterocycles. The molecule has 0 radical (unpaired) electrons. The van der Waals surface area contributed by atoms with E-state index in [1.54, 1.807) is 0 Å². The molecule has 69 heavy (non-hydrogen) atoms. The number of rotatable bonds is 50. The topological polar surface area (TPSA) is 78.9 Å². The first-order valence-electron chi connectivity index (χ1n) is 28.4. The predicted octanol–water partition coefficient (Wildman–Crippen LogP) is 19.1. The third-order valence-corrected chi connectivity index (χ3v) is 11.8. The summed E-state index contributed by atoms with van der Waals surface area (Å²) in [6.07, 6.45) is 76.6. The van der Waals surface area contributed by atoms with Gasteiger partial charge in [-0.1, -0.05) is 233 Å². The van der Waals surface area contributed by atoms with Gasteiger partial charge >= 0.3 is 17.9 Å². The summed E-state index contributed by atoms with van der Waals surface area (Å²) in [5.41, 5.74) is 0. The van der Waals surface area contributed by atoms with Crippen molar-refractivity contribution in [1.29, 1.82) is 0 Å². The Kier molecular flexibility index (Phi) is 53.4. The molecule has 0 fully saturated rings. The van der Waals surface area contributed by atoms with E-state index in [1.807, 2.05) is 0 Å². The van der Waals surface area contributed by atoms with Gasteiger partial charge in [0.2, 0.25) is 0 Å². The molecule has 392 valence electrons. The summed E-state index contributed by atoms with van der Waals surface area (Å²) in [5, 5.41) is 0. The lowest BCUT2D eigenvalue weighted by Crippen LogP contribution is -2.30. The van der Waals surface area contributed by atoms with Gasteiger partial charge in [-0.15, -0.1) is 0 Å². The lowest BCUT2D eigenvalue weighted by atomic mass is 10.1. The van der Waals surface area contributed by atoms with Gasteiger partial charge in [-0.2, -0.15) is 0 Å². The number of esters is 3. The molecule has 0 aromatic rings. The number of unbranched alkanes of at least 4 members (excludes halogenated alkanes) is 21. The Morgan fingerprint density at radius 2 is 0.565 bits per heavy atom. The summed E-state index contributed by atoms with van der Waals surface area (Å²) in [5.74, 6) is -0.925. The molecule has 0 N–H and O–H groups in total. The van der Waals surface area contributed by atoms with Crippen molar-refractivity contribution in [3.63, 3.8) is 0 Å². The average Bonchev–Trinajstić information content (AvgIpc) is 3.35. The number of carbonyl (C=O) groups excluding carboxylic acids is 3. The van der Waals surface area contributed by atoms with Crippen LogP contribution in [0.25, 0.3) is 0 Å². The molecule has 0 rings (SSSR count). The number of hydrogen-bond donors (Lipinski definition) is 0. The molecule has 0 aliphatic carbocycles. The maximum Gasteiger partial charge on any atom is 0.306 e. The fourth-order valence-electron chi connectivity index (χ4n) is 7.51. The summed E-state index contributed by atoms with van der Waals surface area (Å²) >= 11 is 0. The number of hydrogen-bond acceptors (Lipinski definition) is 6. The van der Waals surface area contributed by atoms with E-state index in [9.17, 15) is 14.4 Å². The van der Waals surface area contributed by atoms with Crippen molar-refractivity contribution in [2.75, 3.05) is 13.2 Å². The van der Waals surface area contributed by atoms with Gasteiger partial charge in [0, 0.05) is 19.3 Å². The van der Waals surface area contributed by atoms with Crippen LogP contribution in [0.1, 0.15) is 252 Å². The molecule has 1 unspecified atom stereocenters. The van der Waals surface area contributed by atoms with Crippen LogP contribution in [-0.2, 0) is 28.6 Å². The van der Waals surface area contributed by atoms with Crippen LogP contribution in [0.15, 0.2) is 109 Å². The minimum absolute atomic E-state index is 0.0891. The Hall–Kier alpha value is -3.93. The smallest absolute Gasteiger partial charge is 0.306 e. The molecule has 0 spiro atoms. The fourth-order valence-corrected chi connectivity index (χ4v) is 7.51. The van der Waals surface area contributed by atoms with E-state index >= 15 is 0 Å². The van der Waals surface area contributed by atoms with Crippen LogP contribution in [-0.4, -0.2) is 37.2 Å². The lowest BCUT2D eigenvalue weighted by molar-refractivity contribution is -0.167. The van der Waals surface area contributed by atoms with Gasteiger partial charge in [0.05, 0.1) is 0 Å². The minimum atomic E-state index is -0.790. The van der Waals surface area contributed by atoms with Crippen molar-refractivity contribution in [2.24, 2.45) is 0 Å². The van der Waals surface area contributed by atoms with E-state index in [-0.39, 0.29) is 31.1 Å². The second kappa shape index (κ2) is 56.7. The van der Waals surface area contributed by atoms with E-state index in [2.05, 4.69) is 130 Å². The molecule has 0 saturated heterocycles. The van der Waals surface area contributed by atoms with Crippen LogP contribution >= 0.6 is 0 Å². The molecule has 0 aliphatic heterocycles.